The van der Waals surface area contributed by atoms with E-state index in [0.29, 0.717) is 18.7 Å². The lowest BCUT2D eigenvalue weighted by atomic mass is 10.1. The van der Waals surface area contributed by atoms with E-state index in [0.717, 1.165) is 38.8 Å². The van der Waals surface area contributed by atoms with Crippen LogP contribution in [0.5, 0.6) is 0 Å². The number of nitro groups is 1. The first-order valence-electron chi connectivity index (χ1n) is 10.1. The molecule has 1 aromatic carbocycles. The molecule has 2 heterocycles. The van der Waals surface area contributed by atoms with E-state index in [1.165, 1.54) is 0 Å². The summed E-state index contributed by atoms with van der Waals surface area (Å²) in [5, 5.41) is 14.0. The molecule has 0 bridgehead atoms. The van der Waals surface area contributed by atoms with Crippen molar-refractivity contribution >= 4 is 23.3 Å². The van der Waals surface area contributed by atoms with Gasteiger partial charge in [-0.05, 0) is 44.2 Å². The highest BCUT2D eigenvalue weighted by Crippen LogP contribution is 2.17. The fraction of sp³-hybridized carbons (Fsp3) is 0.550. The number of aliphatic imine (C=N–C) groups is 1. The second kappa shape index (κ2) is 9.99. The lowest BCUT2D eigenvalue weighted by molar-refractivity contribution is -0.463. The third-order valence-corrected chi connectivity index (χ3v) is 5.19. The quantitative estimate of drug-likeness (QED) is 0.338. The SMILES string of the molecule is O=C(CN1CCCCC(N=C(C[N+](=O)[O-])Nc2ccccc2)C1=O)N1CCCC1. The molecule has 0 aromatic heterocycles. The molecule has 156 valence electrons. The fourth-order valence-electron chi connectivity index (χ4n) is 3.70. The van der Waals surface area contributed by atoms with Crippen molar-refractivity contribution < 1.29 is 14.5 Å². The van der Waals surface area contributed by atoms with Gasteiger partial charge in [-0.2, -0.15) is 0 Å². The second-order valence-corrected chi connectivity index (χ2v) is 7.42. The summed E-state index contributed by atoms with van der Waals surface area (Å²) in [6.07, 6.45) is 4.10. The van der Waals surface area contributed by atoms with Crippen LogP contribution in [0, 0.1) is 10.1 Å². The Morgan fingerprint density at radius 2 is 1.83 bits per heavy atom. The van der Waals surface area contributed by atoms with Crippen LogP contribution in [-0.2, 0) is 9.59 Å². The van der Waals surface area contributed by atoms with Crippen molar-refractivity contribution in [1.29, 1.82) is 0 Å². The number of carbonyl (C=O) groups excluding carboxylic acids is 2. The smallest absolute Gasteiger partial charge is 0.260 e. The molecule has 2 aliphatic rings. The maximum Gasteiger partial charge on any atom is 0.260 e. The van der Waals surface area contributed by atoms with Crippen molar-refractivity contribution in [2.24, 2.45) is 4.99 Å². The van der Waals surface area contributed by atoms with Crippen LogP contribution in [0.1, 0.15) is 32.1 Å². The maximum absolute atomic E-state index is 13.0. The van der Waals surface area contributed by atoms with Gasteiger partial charge < -0.3 is 15.1 Å². The predicted molar refractivity (Wildman–Crippen MR) is 109 cm³/mol. The largest absolute Gasteiger partial charge is 0.341 e. The van der Waals surface area contributed by atoms with Crippen molar-refractivity contribution in [3.05, 3.63) is 40.4 Å². The molecule has 2 amide bonds. The average molecular weight is 401 g/mol. The number of para-hydroxylation sites is 1. The standard InChI is InChI=1S/C20H27N5O4/c26-19(23-11-6-7-12-23)15-24-13-5-4-10-17(20(24)27)22-18(14-25(28)29)21-16-8-2-1-3-9-16/h1-3,8-9,17H,4-7,10-15H2,(H,21,22). The molecule has 2 aliphatic heterocycles. The number of carbonyl (C=O) groups is 2. The number of hydrogen-bond donors (Lipinski definition) is 1. The molecule has 0 aliphatic carbocycles. The van der Waals surface area contributed by atoms with Gasteiger partial charge in [0.15, 0.2) is 5.84 Å². The van der Waals surface area contributed by atoms with Gasteiger partial charge in [0.1, 0.15) is 6.04 Å². The van der Waals surface area contributed by atoms with Gasteiger partial charge in [-0.3, -0.25) is 24.7 Å². The van der Waals surface area contributed by atoms with Crippen molar-refractivity contribution in [3.63, 3.8) is 0 Å². The minimum absolute atomic E-state index is 0.0339. The van der Waals surface area contributed by atoms with E-state index >= 15 is 0 Å². The topological polar surface area (TPSA) is 108 Å². The fourth-order valence-corrected chi connectivity index (χ4v) is 3.70. The van der Waals surface area contributed by atoms with Gasteiger partial charge in [0, 0.05) is 30.2 Å². The molecule has 2 saturated heterocycles. The summed E-state index contributed by atoms with van der Waals surface area (Å²) in [5.74, 6) is -0.119. The van der Waals surface area contributed by atoms with Gasteiger partial charge in [0.25, 0.3) is 6.54 Å². The number of hydrogen-bond acceptors (Lipinski definition) is 5. The highest BCUT2D eigenvalue weighted by atomic mass is 16.6. The molecule has 1 unspecified atom stereocenters. The Morgan fingerprint density at radius 3 is 2.52 bits per heavy atom. The summed E-state index contributed by atoms with van der Waals surface area (Å²) in [5.41, 5.74) is 0.676. The normalized spacial score (nSPS) is 20.5. The van der Waals surface area contributed by atoms with Gasteiger partial charge in [-0.15, -0.1) is 0 Å². The third-order valence-electron chi connectivity index (χ3n) is 5.19. The molecule has 9 nitrogen and oxygen atoms in total. The van der Waals surface area contributed by atoms with Crippen LogP contribution in [0.15, 0.2) is 35.3 Å². The molecule has 0 spiro atoms. The predicted octanol–water partition coefficient (Wildman–Crippen LogP) is 1.78. The van der Waals surface area contributed by atoms with Crippen LogP contribution in [0.25, 0.3) is 0 Å². The van der Waals surface area contributed by atoms with E-state index in [1.807, 2.05) is 18.2 Å². The monoisotopic (exact) mass is 401 g/mol. The van der Waals surface area contributed by atoms with Crippen LogP contribution in [-0.4, -0.2) is 71.1 Å². The van der Waals surface area contributed by atoms with E-state index in [4.69, 9.17) is 0 Å². The number of amides is 2. The summed E-state index contributed by atoms with van der Waals surface area (Å²) in [4.78, 5) is 43.9. The molecule has 0 radical (unpaired) electrons. The molecule has 1 N–H and O–H groups in total. The van der Waals surface area contributed by atoms with Gasteiger partial charge in [0.2, 0.25) is 11.8 Å². The average Bonchev–Trinajstić information content (AvgIpc) is 3.18. The highest BCUT2D eigenvalue weighted by molar-refractivity contribution is 5.98. The van der Waals surface area contributed by atoms with Gasteiger partial charge in [-0.1, -0.05) is 18.2 Å². The van der Waals surface area contributed by atoms with Crippen LogP contribution < -0.4 is 5.32 Å². The third kappa shape index (κ3) is 6.00. The molecule has 2 fully saturated rings. The van der Waals surface area contributed by atoms with Gasteiger partial charge in [-0.25, -0.2) is 0 Å². The Morgan fingerprint density at radius 1 is 1.14 bits per heavy atom. The Hall–Kier alpha value is -2.97. The van der Waals surface area contributed by atoms with Crippen LogP contribution in [0.2, 0.25) is 0 Å². The van der Waals surface area contributed by atoms with E-state index in [1.54, 1.807) is 21.9 Å². The molecule has 1 atom stereocenters. The Balaban J connectivity index is 1.73. The highest BCUT2D eigenvalue weighted by Gasteiger charge is 2.30. The summed E-state index contributed by atoms with van der Waals surface area (Å²) in [6, 6.07) is 8.33. The number of nitrogens with zero attached hydrogens (tertiary/aromatic N) is 4. The van der Waals surface area contributed by atoms with Gasteiger partial charge >= 0.3 is 0 Å². The first-order valence-corrected chi connectivity index (χ1v) is 10.1. The zero-order valence-electron chi connectivity index (χ0n) is 16.5. The van der Waals surface area contributed by atoms with Crippen molar-refractivity contribution in [1.82, 2.24) is 9.80 Å². The number of rotatable bonds is 6. The summed E-state index contributed by atoms with van der Waals surface area (Å²) >= 11 is 0. The van der Waals surface area contributed by atoms with Crippen molar-refractivity contribution in [3.8, 4) is 0 Å². The number of benzene rings is 1. The molecule has 3 rings (SSSR count). The molecular formula is C20H27N5O4. The number of amidine groups is 1. The van der Waals surface area contributed by atoms with Crippen molar-refractivity contribution in [2.75, 3.05) is 38.0 Å². The Kier molecular flexibility index (Phi) is 7.15. The minimum atomic E-state index is -0.713. The molecule has 29 heavy (non-hydrogen) atoms. The lowest BCUT2D eigenvalue weighted by Crippen LogP contribution is -2.45. The summed E-state index contributed by atoms with van der Waals surface area (Å²) in [7, 11) is 0. The maximum atomic E-state index is 13.0. The van der Waals surface area contributed by atoms with Crippen molar-refractivity contribution in [2.45, 2.75) is 38.1 Å². The molecule has 1 aromatic rings. The zero-order valence-corrected chi connectivity index (χ0v) is 16.5. The van der Waals surface area contributed by atoms with E-state index < -0.39 is 17.5 Å². The van der Waals surface area contributed by atoms with Crippen LogP contribution in [0.4, 0.5) is 5.69 Å². The lowest BCUT2D eigenvalue weighted by Gasteiger charge is -2.25. The molecule has 0 saturated carbocycles. The van der Waals surface area contributed by atoms with Gasteiger partial charge in [0.05, 0.1) is 6.54 Å². The summed E-state index contributed by atoms with van der Waals surface area (Å²) in [6.45, 7) is 1.57. The number of likely N-dealkylation sites (tertiary alicyclic amines) is 2. The van der Waals surface area contributed by atoms with E-state index in [9.17, 15) is 19.7 Å². The molecule has 9 heteroatoms. The molecular weight excluding hydrogens is 374 g/mol. The zero-order chi connectivity index (χ0) is 20.6. The first kappa shape index (κ1) is 20.8. The number of anilines is 1. The summed E-state index contributed by atoms with van der Waals surface area (Å²) < 4.78 is 0. The Labute approximate surface area is 169 Å². The van der Waals surface area contributed by atoms with E-state index in [2.05, 4.69) is 10.3 Å². The first-order chi connectivity index (χ1) is 14.0. The minimum Gasteiger partial charge on any atom is -0.341 e. The van der Waals surface area contributed by atoms with E-state index in [-0.39, 0.29) is 24.2 Å². The van der Waals surface area contributed by atoms with Crippen LogP contribution in [0.3, 0.4) is 0 Å². The second-order valence-electron chi connectivity index (χ2n) is 7.42. The van der Waals surface area contributed by atoms with Crippen LogP contribution >= 0.6 is 0 Å². The number of nitrogens with one attached hydrogen (secondary N) is 1. The Bertz CT molecular complexity index is 761.